The number of halogens is 1. The Balaban J connectivity index is 1.56. The van der Waals surface area contributed by atoms with Crippen molar-refractivity contribution in [3.05, 3.63) is 70.5 Å². The summed E-state index contributed by atoms with van der Waals surface area (Å²) in [5.74, 6) is 1.37. The molecule has 4 rings (SSSR count). The monoisotopic (exact) mass is 482 g/mol. The summed E-state index contributed by atoms with van der Waals surface area (Å²) in [5.41, 5.74) is 2.04. The van der Waals surface area contributed by atoms with Gasteiger partial charge in [-0.25, -0.2) is 19.9 Å². The molecular formula is C24H27ClN6O3. The largest absolute Gasteiger partial charge is 0.495 e. The van der Waals surface area contributed by atoms with Gasteiger partial charge in [-0.2, -0.15) is 0 Å². The van der Waals surface area contributed by atoms with Gasteiger partial charge in [0.2, 0.25) is 5.95 Å². The number of nitrogens with one attached hydrogen (secondary N) is 1. The van der Waals surface area contributed by atoms with Crippen molar-refractivity contribution in [2.45, 2.75) is 38.3 Å². The maximum Gasteiger partial charge on any atom is 0.255 e. The first-order valence-electron chi connectivity index (χ1n) is 11.2. The maximum absolute atomic E-state index is 13.0. The first-order valence-corrected chi connectivity index (χ1v) is 11.6. The van der Waals surface area contributed by atoms with Crippen LogP contribution in [0.3, 0.4) is 0 Å². The van der Waals surface area contributed by atoms with Crippen molar-refractivity contribution >= 4 is 23.5 Å². The Morgan fingerprint density at radius 2 is 2.09 bits per heavy atom. The molecular weight excluding hydrogens is 456 g/mol. The highest BCUT2D eigenvalue weighted by Gasteiger charge is 2.27. The van der Waals surface area contributed by atoms with Gasteiger partial charge in [-0.05, 0) is 49.4 Å². The van der Waals surface area contributed by atoms with E-state index in [1.165, 1.54) is 0 Å². The van der Waals surface area contributed by atoms with E-state index in [9.17, 15) is 9.90 Å². The lowest BCUT2D eigenvalue weighted by Gasteiger charge is -2.23. The first-order chi connectivity index (χ1) is 16.6. The molecule has 1 atom stereocenters. The summed E-state index contributed by atoms with van der Waals surface area (Å²) < 4.78 is 5.23. The molecule has 2 aromatic heterocycles. The van der Waals surface area contributed by atoms with Crippen LogP contribution in [0.2, 0.25) is 5.02 Å². The van der Waals surface area contributed by atoms with Crippen molar-refractivity contribution in [1.29, 1.82) is 0 Å². The SMILES string of the molecule is COc1ccc(CCc2nc(N3CCC[C@H]3CO)ncc2C(=O)NCc2ncccn2)cc1Cl. The minimum atomic E-state index is -0.290. The number of amides is 1. The molecule has 1 aliphatic rings. The zero-order chi connectivity index (χ0) is 23.9. The second-order valence-electron chi connectivity index (χ2n) is 8.02. The van der Waals surface area contributed by atoms with Gasteiger partial charge < -0.3 is 20.1 Å². The summed E-state index contributed by atoms with van der Waals surface area (Å²) in [6.45, 7) is 1.02. The second-order valence-corrected chi connectivity index (χ2v) is 8.43. The quantitative estimate of drug-likeness (QED) is 0.478. The van der Waals surface area contributed by atoms with Crippen LogP contribution in [0.25, 0.3) is 0 Å². The van der Waals surface area contributed by atoms with E-state index >= 15 is 0 Å². The molecule has 2 N–H and O–H groups in total. The zero-order valence-electron chi connectivity index (χ0n) is 18.9. The molecule has 0 unspecified atom stereocenters. The summed E-state index contributed by atoms with van der Waals surface area (Å²) in [4.78, 5) is 32.5. The standard InChI is InChI=1S/C24H27ClN6O3/c1-34-21-8-6-16(12-19(21)25)5-7-20-18(23(33)28-14-22-26-9-3-10-27-22)13-29-24(30-20)31-11-2-4-17(31)15-32/h3,6,8-10,12-13,17,32H,2,4-5,7,11,14-15H2,1H3,(H,28,33)/t17-/m0/s1. The van der Waals surface area contributed by atoms with Crippen LogP contribution in [0.1, 0.15) is 40.3 Å². The zero-order valence-corrected chi connectivity index (χ0v) is 19.7. The molecule has 1 aliphatic heterocycles. The minimum absolute atomic E-state index is 0.0110. The lowest BCUT2D eigenvalue weighted by molar-refractivity contribution is 0.0948. The van der Waals surface area contributed by atoms with E-state index < -0.39 is 0 Å². The number of aromatic nitrogens is 4. The maximum atomic E-state index is 13.0. The van der Waals surface area contributed by atoms with Crippen LogP contribution in [0.15, 0.2) is 42.9 Å². The third-order valence-corrected chi connectivity index (χ3v) is 6.13. The fourth-order valence-corrected chi connectivity index (χ4v) is 4.30. The summed E-state index contributed by atoms with van der Waals surface area (Å²) in [5, 5.41) is 13.1. The highest BCUT2D eigenvalue weighted by molar-refractivity contribution is 6.32. The molecule has 9 nitrogen and oxygen atoms in total. The normalized spacial score (nSPS) is 15.4. The van der Waals surface area contributed by atoms with Gasteiger partial charge >= 0.3 is 0 Å². The van der Waals surface area contributed by atoms with E-state index in [0.717, 1.165) is 24.9 Å². The molecule has 1 aromatic carbocycles. The lowest BCUT2D eigenvalue weighted by atomic mass is 10.0. The average molecular weight is 483 g/mol. The van der Waals surface area contributed by atoms with Crippen LogP contribution >= 0.6 is 11.6 Å². The second kappa shape index (κ2) is 11.2. The number of methoxy groups -OCH3 is 1. The van der Waals surface area contributed by atoms with E-state index in [1.807, 2.05) is 23.1 Å². The predicted molar refractivity (Wildman–Crippen MR) is 128 cm³/mol. The number of hydrogen-bond acceptors (Lipinski definition) is 8. The Bertz CT molecular complexity index is 1130. The summed E-state index contributed by atoms with van der Waals surface area (Å²) >= 11 is 6.28. The lowest BCUT2D eigenvalue weighted by Crippen LogP contribution is -2.34. The van der Waals surface area contributed by atoms with E-state index in [2.05, 4.69) is 20.3 Å². The Labute approximate surface area is 203 Å². The molecule has 0 bridgehead atoms. The first kappa shape index (κ1) is 23.8. The number of aliphatic hydroxyl groups is 1. The van der Waals surface area contributed by atoms with Gasteiger partial charge in [0.1, 0.15) is 11.6 Å². The van der Waals surface area contributed by atoms with Crippen LogP contribution in [0, 0.1) is 0 Å². The van der Waals surface area contributed by atoms with Gasteiger partial charge in [-0.15, -0.1) is 0 Å². The molecule has 178 valence electrons. The Morgan fingerprint density at radius 1 is 1.26 bits per heavy atom. The third-order valence-electron chi connectivity index (χ3n) is 5.84. The molecule has 3 heterocycles. The summed E-state index contributed by atoms with van der Waals surface area (Å²) in [7, 11) is 1.58. The highest BCUT2D eigenvalue weighted by Crippen LogP contribution is 2.26. The van der Waals surface area contributed by atoms with Crippen LogP contribution < -0.4 is 15.0 Å². The van der Waals surface area contributed by atoms with Crippen molar-refractivity contribution in [3.63, 3.8) is 0 Å². The number of ether oxygens (including phenoxy) is 1. The predicted octanol–water partition coefficient (Wildman–Crippen LogP) is 2.60. The Kier molecular flexibility index (Phi) is 7.87. The van der Waals surface area contributed by atoms with E-state index in [4.69, 9.17) is 21.3 Å². The number of nitrogens with zero attached hydrogens (tertiary/aromatic N) is 5. The average Bonchev–Trinajstić information content (AvgIpc) is 3.35. The van der Waals surface area contributed by atoms with Crippen molar-refractivity contribution < 1.29 is 14.6 Å². The molecule has 0 aliphatic carbocycles. The number of benzene rings is 1. The van der Waals surface area contributed by atoms with Crippen LogP contribution in [0.5, 0.6) is 5.75 Å². The van der Waals surface area contributed by atoms with E-state index in [-0.39, 0.29) is 25.1 Å². The van der Waals surface area contributed by atoms with Crippen molar-refractivity contribution in [3.8, 4) is 5.75 Å². The number of aliphatic hydroxyl groups excluding tert-OH is 1. The fraction of sp³-hybridized carbons (Fsp3) is 0.375. The molecule has 1 amide bonds. The minimum Gasteiger partial charge on any atom is -0.495 e. The molecule has 10 heteroatoms. The number of carbonyl (C=O) groups excluding carboxylic acids is 1. The Morgan fingerprint density at radius 3 is 2.82 bits per heavy atom. The number of rotatable bonds is 9. The third kappa shape index (κ3) is 5.60. The number of anilines is 1. The topological polar surface area (TPSA) is 113 Å². The van der Waals surface area contributed by atoms with Crippen molar-refractivity contribution in [1.82, 2.24) is 25.3 Å². The Hall–Kier alpha value is -3.30. The highest BCUT2D eigenvalue weighted by atomic mass is 35.5. The van der Waals surface area contributed by atoms with Gasteiger partial charge in [0.15, 0.2) is 0 Å². The van der Waals surface area contributed by atoms with Gasteiger partial charge in [0.25, 0.3) is 5.91 Å². The molecule has 3 aromatic rings. The van der Waals surface area contributed by atoms with Gasteiger partial charge in [-0.3, -0.25) is 4.79 Å². The van der Waals surface area contributed by atoms with Crippen LogP contribution in [-0.2, 0) is 19.4 Å². The summed E-state index contributed by atoms with van der Waals surface area (Å²) in [6.07, 6.45) is 7.82. The van der Waals surface area contributed by atoms with Gasteiger partial charge in [0.05, 0.1) is 42.6 Å². The molecule has 1 fully saturated rings. The molecule has 34 heavy (non-hydrogen) atoms. The molecule has 1 saturated heterocycles. The fourth-order valence-electron chi connectivity index (χ4n) is 4.02. The van der Waals surface area contributed by atoms with Crippen molar-refractivity contribution in [2.75, 3.05) is 25.2 Å². The number of hydrogen-bond donors (Lipinski definition) is 2. The van der Waals surface area contributed by atoms with Gasteiger partial charge in [-0.1, -0.05) is 17.7 Å². The van der Waals surface area contributed by atoms with E-state index in [0.29, 0.717) is 46.6 Å². The van der Waals surface area contributed by atoms with Crippen LogP contribution in [0.4, 0.5) is 5.95 Å². The number of aryl methyl sites for hydroxylation is 2. The molecule has 0 spiro atoms. The van der Waals surface area contributed by atoms with Crippen LogP contribution in [-0.4, -0.2) is 57.3 Å². The van der Waals surface area contributed by atoms with Gasteiger partial charge in [0, 0.05) is 25.1 Å². The molecule has 0 saturated carbocycles. The van der Waals surface area contributed by atoms with E-state index in [1.54, 1.807) is 31.8 Å². The summed E-state index contributed by atoms with van der Waals surface area (Å²) in [6, 6.07) is 7.34. The number of carbonyl (C=O) groups is 1. The molecule has 0 radical (unpaired) electrons. The van der Waals surface area contributed by atoms with Crippen molar-refractivity contribution in [2.24, 2.45) is 0 Å². The smallest absolute Gasteiger partial charge is 0.255 e.